The lowest BCUT2D eigenvalue weighted by Gasteiger charge is -2.04. The lowest BCUT2D eigenvalue weighted by Crippen LogP contribution is -2.14. The third-order valence-corrected chi connectivity index (χ3v) is 3.06. The highest BCUT2D eigenvalue weighted by molar-refractivity contribution is 6.51. The molecule has 0 bridgehead atoms. The lowest BCUT2D eigenvalue weighted by molar-refractivity contribution is 0.106. The van der Waals surface area contributed by atoms with Gasteiger partial charge < -0.3 is 9.47 Å². The minimum absolute atomic E-state index is 0.231. The maximum atomic E-state index is 12.2. The van der Waals surface area contributed by atoms with Crippen LogP contribution in [0.1, 0.15) is 10.4 Å². The van der Waals surface area contributed by atoms with E-state index in [-0.39, 0.29) is 5.71 Å². The molecule has 0 fully saturated rings. The molecule has 6 heteroatoms. The summed E-state index contributed by atoms with van der Waals surface area (Å²) in [5.74, 6) is 0.874. The van der Waals surface area contributed by atoms with Crippen LogP contribution in [0.3, 0.4) is 0 Å². The molecule has 0 aliphatic heterocycles. The maximum Gasteiger partial charge on any atom is 0.223 e. The summed E-state index contributed by atoms with van der Waals surface area (Å²) in [6.07, 6.45) is 0. The molecule has 0 spiro atoms. The summed E-state index contributed by atoms with van der Waals surface area (Å²) < 4.78 is 10.1. The van der Waals surface area contributed by atoms with Gasteiger partial charge in [0.1, 0.15) is 17.6 Å². The van der Waals surface area contributed by atoms with E-state index in [0.29, 0.717) is 22.7 Å². The van der Waals surface area contributed by atoms with E-state index in [1.54, 1.807) is 61.7 Å². The van der Waals surface area contributed by atoms with Crippen LogP contribution < -0.4 is 14.9 Å². The molecule has 2 rings (SSSR count). The summed E-state index contributed by atoms with van der Waals surface area (Å²) >= 11 is 0. The fraction of sp³-hybridized carbons (Fsp3) is 0.118. The smallest absolute Gasteiger partial charge is 0.223 e. The first kappa shape index (κ1) is 16.0. The minimum Gasteiger partial charge on any atom is -0.497 e. The molecule has 23 heavy (non-hydrogen) atoms. The quantitative estimate of drug-likeness (QED) is 0.504. The van der Waals surface area contributed by atoms with Gasteiger partial charge in [-0.05, 0) is 48.5 Å². The van der Waals surface area contributed by atoms with Crippen LogP contribution in [0.15, 0.2) is 53.6 Å². The van der Waals surface area contributed by atoms with Crippen LogP contribution in [0.2, 0.25) is 0 Å². The van der Waals surface area contributed by atoms with E-state index in [9.17, 15) is 4.79 Å². The highest BCUT2D eigenvalue weighted by atomic mass is 16.5. The van der Waals surface area contributed by atoms with E-state index < -0.39 is 5.78 Å². The Bertz CT molecular complexity index is 744. The van der Waals surface area contributed by atoms with Crippen molar-refractivity contribution in [3.8, 4) is 17.6 Å². The molecular formula is C17H15N3O3. The summed E-state index contributed by atoms with van der Waals surface area (Å²) in [6, 6.07) is 15.2. The normalized spacial score (nSPS) is 10.6. The summed E-state index contributed by atoms with van der Waals surface area (Å²) in [7, 11) is 3.11. The predicted molar refractivity (Wildman–Crippen MR) is 87.0 cm³/mol. The molecule has 2 aromatic rings. The summed E-state index contributed by atoms with van der Waals surface area (Å²) in [4.78, 5) is 12.2. The highest BCUT2D eigenvalue weighted by Gasteiger charge is 2.14. The Morgan fingerprint density at radius 3 is 2.00 bits per heavy atom. The van der Waals surface area contributed by atoms with Crippen LogP contribution in [0.5, 0.6) is 11.5 Å². The zero-order valence-electron chi connectivity index (χ0n) is 12.7. The molecule has 0 amide bonds. The lowest BCUT2D eigenvalue weighted by atomic mass is 10.1. The zero-order valence-corrected chi connectivity index (χ0v) is 12.7. The minimum atomic E-state index is -0.462. The number of rotatable bonds is 6. The molecule has 0 aromatic heterocycles. The summed E-state index contributed by atoms with van der Waals surface area (Å²) in [6.45, 7) is 0. The molecule has 0 radical (unpaired) electrons. The monoisotopic (exact) mass is 309 g/mol. The van der Waals surface area contributed by atoms with Crippen molar-refractivity contribution in [2.45, 2.75) is 0 Å². The number of anilines is 1. The molecule has 116 valence electrons. The van der Waals surface area contributed by atoms with E-state index in [1.165, 1.54) is 7.11 Å². The first-order valence-corrected chi connectivity index (χ1v) is 6.74. The van der Waals surface area contributed by atoms with Crippen LogP contribution in [-0.4, -0.2) is 25.7 Å². The first-order chi connectivity index (χ1) is 11.2. The molecule has 0 heterocycles. The molecule has 2 aromatic carbocycles. The summed E-state index contributed by atoms with van der Waals surface area (Å²) in [5.41, 5.74) is 3.46. The van der Waals surface area contributed by atoms with Crippen molar-refractivity contribution in [2.75, 3.05) is 19.6 Å². The zero-order chi connectivity index (χ0) is 16.7. The van der Waals surface area contributed by atoms with E-state index in [1.807, 2.05) is 0 Å². The highest BCUT2D eigenvalue weighted by Crippen LogP contribution is 2.15. The van der Waals surface area contributed by atoms with Crippen LogP contribution >= 0.6 is 0 Å². The molecule has 0 unspecified atom stereocenters. The van der Waals surface area contributed by atoms with Gasteiger partial charge in [-0.1, -0.05) is 0 Å². The molecular weight excluding hydrogens is 294 g/mol. The molecule has 0 aliphatic carbocycles. The van der Waals surface area contributed by atoms with Gasteiger partial charge in [0.2, 0.25) is 11.5 Å². The van der Waals surface area contributed by atoms with Crippen LogP contribution in [0, 0.1) is 11.3 Å². The number of hydrogen-bond donors (Lipinski definition) is 1. The standard InChI is InChI=1S/C17H15N3O3/c1-22-14-7-3-12(4-8-14)17(21)16(11-18)20-19-13-5-9-15(23-2)10-6-13/h3-10,19H,1-2H3. The summed E-state index contributed by atoms with van der Waals surface area (Å²) in [5, 5.41) is 13.0. The Balaban J connectivity index is 2.13. The topological polar surface area (TPSA) is 83.7 Å². The number of methoxy groups -OCH3 is 2. The fourth-order valence-electron chi connectivity index (χ4n) is 1.79. The Hall–Kier alpha value is -3.33. The van der Waals surface area contributed by atoms with E-state index in [4.69, 9.17) is 14.7 Å². The number of nitrogens with one attached hydrogen (secondary N) is 1. The Labute approximate surface area is 134 Å². The van der Waals surface area contributed by atoms with Crippen molar-refractivity contribution >= 4 is 17.2 Å². The van der Waals surface area contributed by atoms with Gasteiger partial charge in [-0.3, -0.25) is 10.2 Å². The third-order valence-electron chi connectivity index (χ3n) is 3.06. The Morgan fingerprint density at radius 2 is 1.52 bits per heavy atom. The van der Waals surface area contributed by atoms with Gasteiger partial charge in [-0.15, -0.1) is 0 Å². The van der Waals surface area contributed by atoms with E-state index in [2.05, 4.69) is 10.5 Å². The number of nitrogens with zero attached hydrogens (tertiary/aromatic N) is 2. The molecule has 6 nitrogen and oxygen atoms in total. The maximum absolute atomic E-state index is 12.2. The number of ketones is 1. The van der Waals surface area contributed by atoms with Gasteiger partial charge in [-0.2, -0.15) is 10.4 Å². The molecule has 0 aliphatic rings. The number of carbonyl (C=O) groups excluding carboxylic acids is 1. The predicted octanol–water partition coefficient (Wildman–Crippen LogP) is 2.88. The molecule has 0 saturated heterocycles. The van der Waals surface area contributed by atoms with E-state index >= 15 is 0 Å². The van der Waals surface area contributed by atoms with Crippen molar-refractivity contribution in [1.29, 1.82) is 5.26 Å². The average molecular weight is 309 g/mol. The van der Waals surface area contributed by atoms with Crippen molar-refractivity contribution in [3.05, 3.63) is 54.1 Å². The second-order valence-electron chi connectivity index (χ2n) is 4.47. The van der Waals surface area contributed by atoms with Crippen LogP contribution in [0.4, 0.5) is 5.69 Å². The number of Topliss-reactive ketones (excluding diaryl/α,β-unsaturated/α-hetero) is 1. The van der Waals surface area contributed by atoms with E-state index in [0.717, 1.165) is 0 Å². The number of benzene rings is 2. The van der Waals surface area contributed by atoms with Crippen molar-refractivity contribution < 1.29 is 14.3 Å². The fourth-order valence-corrected chi connectivity index (χ4v) is 1.79. The molecule has 1 N–H and O–H groups in total. The average Bonchev–Trinajstić information content (AvgIpc) is 2.62. The second-order valence-corrected chi connectivity index (χ2v) is 4.47. The van der Waals surface area contributed by atoms with Gasteiger partial charge in [0.15, 0.2) is 0 Å². The number of ether oxygens (including phenoxy) is 2. The van der Waals surface area contributed by atoms with Crippen LogP contribution in [0.25, 0.3) is 0 Å². The van der Waals surface area contributed by atoms with Gasteiger partial charge >= 0.3 is 0 Å². The number of carbonyl (C=O) groups is 1. The van der Waals surface area contributed by atoms with Crippen molar-refractivity contribution in [3.63, 3.8) is 0 Å². The first-order valence-electron chi connectivity index (χ1n) is 6.74. The van der Waals surface area contributed by atoms with Crippen molar-refractivity contribution in [2.24, 2.45) is 5.10 Å². The van der Waals surface area contributed by atoms with Crippen LogP contribution in [-0.2, 0) is 0 Å². The Morgan fingerprint density at radius 1 is 1.00 bits per heavy atom. The van der Waals surface area contributed by atoms with Crippen molar-refractivity contribution in [1.82, 2.24) is 0 Å². The number of hydrogen-bond acceptors (Lipinski definition) is 6. The van der Waals surface area contributed by atoms with Gasteiger partial charge in [-0.25, -0.2) is 0 Å². The van der Waals surface area contributed by atoms with Gasteiger partial charge in [0.25, 0.3) is 0 Å². The third kappa shape index (κ3) is 4.08. The second kappa shape index (κ2) is 7.61. The van der Waals surface area contributed by atoms with Gasteiger partial charge in [0.05, 0.1) is 19.9 Å². The largest absolute Gasteiger partial charge is 0.497 e. The number of hydrazone groups is 1. The molecule has 0 atom stereocenters. The Kier molecular flexibility index (Phi) is 5.31. The van der Waals surface area contributed by atoms with Gasteiger partial charge in [0, 0.05) is 5.56 Å². The number of nitriles is 1. The molecule has 0 saturated carbocycles. The SMILES string of the molecule is COc1ccc(NN=C(C#N)C(=O)c2ccc(OC)cc2)cc1.